The summed E-state index contributed by atoms with van der Waals surface area (Å²) in [6, 6.07) is 0.358. The Morgan fingerprint density at radius 2 is 2.00 bits per heavy atom. The molecule has 0 rings (SSSR count). The quantitative estimate of drug-likeness (QED) is 0.580. The van der Waals surface area contributed by atoms with E-state index >= 15 is 0 Å². The van der Waals surface area contributed by atoms with E-state index in [4.69, 9.17) is 9.84 Å². The third kappa shape index (κ3) is 5.99. The average Bonchev–Trinajstić information content (AvgIpc) is 2.11. The van der Waals surface area contributed by atoms with Crippen LogP contribution in [0.4, 0.5) is 0 Å². The Labute approximate surface area is 80.1 Å². The van der Waals surface area contributed by atoms with Crippen molar-refractivity contribution in [3.63, 3.8) is 0 Å². The predicted molar refractivity (Wildman–Crippen MR) is 51.7 cm³/mol. The normalized spacial score (nSPS) is 14.1. The summed E-state index contributed by atoms with van der Waals surface area (Å²) in [6.45, 7) is 5.86. The van der Waals surface area contributed by atoms with Gasteiger partial charge in [-0.2, -0.15) is 0 Å². The second kappa shape index (κ2) is 7.26. The Balaban J connectivity index is 3.79. The van der Waals surface area contributed by atoms with Gasteiger partial charge in [-0.3, -0.25) is 4.90 Å². The molecular formula is C9H21NO3. The summed E-state index contributed by atoms with van der Waals surface area (Å²) in [5.74, 6) is 0. The molecule has 0 aliphatic rings. The maximum Gasteiger partial charge on any atom is 0.0897 e. The van der Waals surface area contributed by atoms with Gasteiger partial charge in [0, 0.05) is 26.2 Å². The van der Waals surface area contributed by atoms with E-state index in [1.807, 2.05) is 0 Å². The molecule has 1 atom stereocenters. The van der Waals surface area contributed by atoms with E-state index < -0.39 is 6.10 Å². The first-order chi connectivity index (χ1) is 6.11. The van der Waals surface area contributed by atoms with Crippen LogP contribution in [0.3, 0.4) is 0 Å². The molecule has 0 fully saturated rings. The van der Waals surface area contributed by atoms with Crippen molar-refractivity contribution in [2.45, 2.75) is 26.0 Å². The number of hydrogen-bond donors (Lipinski definition) is 2. The molecule has 2 N–H and O–H groups in total. The van der Waals surface area contributed by atoms with Gasteiger partial charge in [-0.15, -0.1) is 0 Å². The van der Waals surface area contributed by atoms with Gasteiger partial charge in [-0.1, -0.05) is 0 Å². The second-order valence-electron chi connectivity index (χ2n) is 3.42. The van der Waals surface area contributed by atoms with Crippen LogP contribution >= 0.6 is 0 Å². The lowest BCUT2D eigenvalue weighted by Gasteiger charge is -2.27. The molecule has 0 aliphatic carbocycles. The monoisotopic (exact) mass is 191 g/mol. The van der Waals surface area contributed by atoms with Gasteiger partial charge in [0.2, 0.25) is 0 Å². The summed E-state index contributed by atoms with van der Waals surface area (Å²) in [5, 5.41) is 17.9. The van der Waals surface area contributed by atoms with E-state index in [-0.39, 0.29) is 6.61 Å². The van der Waals surface area contributed by atoms with Crippen molar-refractivity contribution < 1.29 is 14.9 Å². The first kappa shape index (κ1) is 12.8. The zero-order valence-corrected chi connectivity index (χ0v) is 8.73. The molecule has 0 aromatic rings. The zero-order chi connectivity index (χ0) is 10.3. The molecule has 1 unspecified atom stereocenters. The van der Waals surface area contributed by atoms with Crippen LogP contribution in [0.2, 0.25) is 0 Å². The summed E-state index contributed by atoms with van der Waals surface area (Å²) in [4.78, 5) is 2.07. The highest BCUT2D eigenvalue weighted by Crippen LogP contribution is 1.99. The van der Waals surface area contributed by atoms with Crippen molar-refractivity contribution in [3.8, 4) is 0 Å². The third-order valence-corrected chi connectivity index (χ3v) is 1.97. The molecule has 0 radical (unpaired) electrons. The molecule has 0 saturated heterocycles. The number of hydrogen-bond acceptors (Lipinski definition) is 4. The molecule has 0 aromatic carbocycles. The SMILES string of the molecule is COCCN(CC(O)CO)C(C)C. The molecule has 0 saturated carbocycles. The minimum atomic E-state index is -0.653. The fourth-order valence-corrected chi connectivity index (χ4v) is 1.10. The van der Waals surface area contributed by atoms with E-state index in [9.17, 15) is 5.11 Å². The number of aliphatic hydroxyl groups excluding tert-OH is 2. The lowest BCUT2D eigenvalue weighted by molar-refractivity contribution is 0.0387. The lowest BCUT2D eigenvalue weighted by Crippen LogP contribution is -2.40. The Bertz CT molecular complexity index is 119. The van der Waals surface area contributed by atoms with Crippen molar-refractivity contribution >= 4 is 0 Å². The second-order valence-corrected chi connectivity index (χ2v) is 3.42. The summed E-state index contributed by atoms with van der Waals surface area (Å²) in [7, 11) is 1.65. The topological polar surface area (TPSA) is 52.9 Å². The molecule has 4 nitrogen and oxygen atoms in total. The van der Waals surface area contributed by atoms with Crippen LogP contribution in [-0.4, -0.2) is 60.7 Å². The van der Waals surface area contributed by atoms with Gasteiger partial charge < -0.3 is 14.9 Å². The van der Waals surface area contributed by atoms with Crippen LogP contribution in [-0.2, 0) is 4.74 Å². The van der Waals surface area contributed by atoms with Crippen molar-refractivity contribution in [2.75, 3.05) is 33.4 Å². The lowest BCUT2D eigenvalue weighted by atomic mass is 10.2. The van der Waals surface area contributed by atoms with Gasteiger partial charge in [0.25, 0.3) is 0 Å². The van der Waals surface area contributed by atoms with E-state index in [0.29, 0.717) is 19.2 Å². The highest BCUT2D eigenvalue weighted by molar-refractivity contribution is 4.67. The highest BCUT2D eigenvalue weighted by atomic mass is 16.5. The zero-order valence-electron chi connectivity index (χ0n) is 8.73. The molecular weight excluding hydrogens is 170 g/mol. The number of aliphatic hydroxyl groups is 2. The number of nitrogens with zero attached hydrogens (tertiary/aromatic N) is 1. The summed E-state index contributed by atoms with van der Waals surface area (Å²) in [5.41, 5.74) is 0. The molecule has 13 heavy (non-hydrogen) atoms. The van der Waals surface area contributed by atoms with Crippen LogP contribution in [0.5, 0.6) is 0 Å². The summed E-state index contributed by atoms with van der Waals surface area (Å²) in [6.07, 6.45) is -0.653. The Morgan fingerprint density at radius 1 is 1.38 bits per heavy atom. The molecule has 0 aromatic heterocycles. The Hall–Kier alpha value is -0.160. The first-order valence-electron chi connectivity index (χ1n) is 4.63. The smallest absolute Gasteiger partial charge is 0.0897 e. The number of rotatable bonds is 7. The molecule has 0 heterocycles. The van der Waals surface area contributed by atoms with E-state index in [1.54, 1.807) is 7.11 Å². The predicted octanol–water partition coefficient (Wildman–Crippen LogP) is -0.304. The van der Waals surface area contributed by atoms with Crippen molar-refractivity contribution in [3.05, 3.63) is 0 Å². The van der Waals surface area contributed by atoms with Gasteiger partial charge in [-0.25, -0.2) is 0 Å². The van der Waals surface area contributed by atoms with Crippen LogP contribution in [0.15, 0.2) is 0 Å². The fraction of sp³-hybridized carbons (Fsp3) is 1.00. The van der Waals surface area contributed by atoms with Gasteiger partial charge in [0.05, 0.1) is 19.3 Å². The minimum Gasteiger partial charge on any atom is -0.394 e. The summed E-state index contributed by atoms with van der Waals surface area (Å²) < 4.78 is 4.95. The molecule has 0 amide bonds. The van der Waals surface area contributed by atoms with Crippen LogP contribution in [0.25, 0.3) is 0 Å². The van der Waals surface area contributed by atoms with Gasteiger partial charge in [0.15, 0.2) is 0 Å². The first-order valence-corrected chi connectivity index (χ1v) is 4.63. The third-order valence-electron chi connectivity index (χ3n) is 1.97. The van der Waals surface area contributed by atoms with Crippen molar-refractivity contribution in [2.24, 2.45) is 0 Å². The maximum absolute atomic E-state index is 9.24. The van der Waals surface area contributed by atoms with Crippen LogP contribution < -0.4 is 0 Å². The largest absolute Gasteiger partial charge is 0.394 e. The number of methoxy groups -OCH3 is 1. The molecule has 0 bridgehead atoms. The Morgan fingerprint density at radius 3 is 2.38 bits per heavy atom. The molecule has 0 aliphatic heterocycles. The highest BCUT2D eigenvalue weighted by Gasteiger charge is 2.13. The average molecular weight is 191 g/mol. The van der Waals surface area contributed by atoms with Gasteiger partial charge in [-0.05, 0) is 13.8 Å². The standard InChI is InChI=1S/C9H21NO3/c1-8(2)10(4-5-13-3)6-9(12)7-11/h8-9,11-12H,4-7H2,1-3H3. The Kier molecular flexibility index (Phi) is 7.17. The fourth-order valence-electron chi connectivity index (χ4n) is 1.10. The number of ether oxygens (including phenoxy) is 1. The summed E-state index contributed by atoms with van der Waals surface area (Å²) >= 11 is 0. The molecule has 0 spiro atoms. The molecule has 4 heteroatoms. The van der Waals surface area contributed by atoms with Crippen molar-refractivity contribution in [1.29, 1.82) is 0 Å². The van der Waals surface area contributed by atoms with Gasteiger partial charge in [0.1, 0.15) is 0 Å². The van der Waals surface area contributed by atoms with Crippen LogP contribution in [0, 0.1) is 0 Å². The van der Waals surface area contributed by atoms with E-state index in [2.05, 4.69) is 18.7 Å². The maximum atomic E-state index is 9.24. The van der Waals surface area contributed by atoms with Crippen molar-refractivity contribution in [1.82, 2.24) is 4.90 Å². The van der Waals surface area contributed by atoms with E-state index in [0.717, 1.165) is 6.54 Å². The van der Waals surface area contributed by atoms with Gasteiger partial charge >= 0.3 is 0 Å². The minimum absolute atomic E-state index is 0.184. The van der Waals surface area contributed by atoms with E-state index in [1.165, 1.54) is 0 Å². The molecule has 80 valence electrons. The van der Waals surface area contributed by atoms with Crippen LogP contribution in [0.1, 0.15) is 13.8 Å².